The van der Waals surface area contributed by atoms with Crippen LogP contribution in [0.5, 0.6) is 0 Å². The monoisotopic (exact) mass is 331 g/mol. The Bertz CT molecular complexity index is 664. The van der Waals surface area contributed by atoms with Crippen molar-refractivity contribution < 1.29 is 9.13 Å². The summed E-state index contributed by atoms with van der Waals surface area (Å²) in [4.78, 5) is 2.28. The predicted octanol–water partition coefficient (Wildman–Crippen LogP) is 3.53. The van der Waals surface area contributed by atoms with Gasteiger partial charge in [0.15, 0.2) is 0 Å². The lowest BCUT2D eigenvalue weighted by Gasteiger charge is -2.25. The highest BCUT2D eigenvalue weighted by Gasteiger charge is 2.21. The molecule has 5 heteroatoms. The van der Waals surface area contributed by atoms with E-state index >= 15 is 0 Å². The average molecular weight is 331 g/mol. The molecule has 0 radical (unpaired) electrons. The summed E-state index contributed by atoms with van der Waals surface area (Å²) in [6.07, 6.45) is 4.38. The van der Waals surface area contributed by atoms with Crippen LogP contribution in [0.4, 0.5) is 4.39 Å². The van der Waals surface area contributed by atoms with E-state index in [2.05, 4.69) is 23.8 Å². The predicted molar refractivity (Wildman–Crippen MR) is 92.1 cm³/mol. The van der Waals surface area contributed by atoms with E-state index in [0.29, 0.717) is 6.54 Å². The molecule has 0 spiro atoms. The van der Waals surface area contributed by atoms with Crippen LogP contribution in [0.1, 0.15) is 36.6 Å². The zero-order valence-corrected chi connectivity index (χ0v) is 14.5. The van der Waals surface area contributed by atoms with Gasteiger partial charge in [-0.2, -0.15) is 5.10 Å². The third-order valence-electron chi connectivity index (χ3n) is 4.74. The first-order valence-electron chi connectivity index (χ1n) is 8.76. The van der Waals surface area contributed by atoms with Gasteiger partial charge < -0.3 is 4.74 Å². The zero-order chi connectivity index (χ0) is 16.9. The fraction of sp³-hybridized carbons (Fsp3) is 0.526. The second-order valence-corrected chi connectivity index (χ2v) is 6.47. The number of aromatic nitrogens is 2. The first-order valence-corrected chi connectivity index (χ1v) is 8.76. The third kappa shape index (κ3) is 4.02. The largest absolute Gasteiger partial charge is 0.377 e. The molecule has 0 bridgehead atoms. The van der Waals surface area contributed by atoms with E-state index in [1.165, 1.54) is 17.3 Å². The summed E-state index contributed by atoms with van der Waals surface area (Å²) in [5, 5.41) is 4.43. The summed E-state index contributed by atoms with van der Waals surface area (Å²) < 4.78 is 21.9. The summed E-state index contributed by atoms with van der Waals surface area (Å²) in [6.45, 7) is 8.07. The van der Waals surface area contributed by atoms with Gasteiger partial charge in [0.05, 0.1) is 12.3 Å². The molecule has 1 unspecified atom stereocenters. The zero-order valence-electron chi connectivity index (χ0n) is 14.5. The van der Waals surface area contributed by atoms with Crippen molar-refractivity contribution in [2.75, 3.05) is 13.2 Å². The van der Waals surface area contributed by atoms with Gasteiger partial charge in [0.2, 0.25) is 0 Å². The lowest BCUT2D eigenvalue weighted by Crippen LogP contribution is -2.32. The van der Waals surface area contributed by atoms with Gasteiger partial charge in [-0.05, 0) is 32.8 Å². The minimum Gasteiger partial charge on any atom is -0.377 e. The maximum absolute atomic E-state index is 14.1. The Morgan fingerprint density at radius 2 is 2.08 bits per heavy atom. The molecule has 4 nitrogen and oxygen atoms in total. The SMILES string of the molecule is CCn1ncc(CN(Cc2ccccc2F)CC2CCCO2)c1C. The van der Waals surface area contributed by atoms with Crippen LogP contribution in [-0.2, 0) is 24.4 Å². The number of aryl methyl sites for hydroxylation is 1. The molecule has 130 valence electrons. The molecule has 1 aliphatic rings. The minimum absolute atomic E-state index is 0.143. The molecular weight excluding hydrogens is 305 g/mol. The summed E-state index contributed by atoms with van der Waals surface area (Å²) in [7, 11) is 0. The van der Waals surface area contributed by atoms with Crippen molar-refractivity contribution in [1.29, 1.82) is 0 Å². The normalized spacial score (nSPS) is 17.8. The molecule has 1 fully saturated rings. The number of rotatable bonds is 7. The van der Waals surface area contributed by atoms with Gasteiger partial charge in [-0.25, -0.2) is 4.39 Å². The highest BCUT2D eigenvalue weighted by molar-refractivity contribution is 5.19. The van der Waals surface area contributed by atoms with Crippen molar-refractivity contribution >= 4 is 0 Å². The lowest BCUT2D eigenvalue weighted by atomic mass is 10.1. The van der Waals surface area contributed by atoms with E-state index in [-0.39, 0.29) is 11.9 Å². The maximum atomic E-state index is 14.1. The van der Waals surface area contributed by atoms with Crippen LogP contribution in [0.2, 0.25) is 0 Å². The Morgan fingerprint density at radius 3 is 2.75 bits per heavy atom. The molecule has 0 saturated carbocycles. The molecule has 0 N–H and O–H groups in total. The summed E-state index contributed by atoms with van der Waals surface area (Å²) in [5.74, 6) is -0.143. The standard InChI is InChI=1S/C19H26FN3O/c1-3-23-15(2)17(11-21-23)13-22(14-18-8-6-10-24-18)12-16-7-4-5-9-19(16)20/h4-5,7,9,11,18H,3,6,8,10,12-14H2,1-2H3. The fourth-order valence-electron chi connectivity index (χ4n) is 3.33. The Labute approximate surface area is 143 Å². The van der Waals surface area contributed by atoms with Gasteiger partial charge in [-0.1, -0.05) is 18.2 Å². The summed E-state index contributed by atoms with van der Waals surface area (Å²) in [6, 6.07) is 7.02. The van der Waals surface area contributed by atoms with Crippen molar-refractivity contribution in [2.24, 2.45) is 0 Å². The van der Waals surface area contributed by atoms with Gasteiger partial charge >= 0.3 is 0 Å². The smallest absolute Gasteiger partial charge is 0.127 e. The molecule has 24 heavy (non-hydrogen) atoms. The molecule has 1 aromatic heterocycles. The topological polar surface area (TPSA) is 30.3 Å². The Hall–Kier alpha value is -1.72. The van der Waals surface area contributed by atoms with Gasteiger partial charge in [0.1, 0.15) is 5.82 Å². The number of hydrogen-bond acceptors (Lipinski definition) is 3. The molecule has 0 amide bonds. The van der Waals surface area contributed by atoms with E-state index in [1.54, 1.807) is 6.07 Å². The number of ether oxygens (including phenoxy) is 1. The highest BCUT2D eigenvalue weighted by atomic mass is 19.1. The molecule has 2 aromatic rings. The Kier molecular flexibility index (Phi) is 5.63. The maximum Gasteiger partial charge on any atom is 0.127 e. The molecule has 1 aliphatic heterocycles. The number of nitrogens with zero attached hydrogens (tertiary/aromatic N) is 3. The highest BCUT2D eigenvalue weighted by Crippen LogP contribution is 2.19. The number of hydrogen-bond donors (Lipinski definition) is 0. The van der Waals surface area contributed by atoms with Crippen LogP contribution in [0.3, 0.4) is 0 Å². The second-order valence-electron chi connectivity index (χ2n) is 6.47. The van der Waals surface area contributed by atoms with Crippen molar-refractivity contribution in [3.63, 3.8) is 0 Å². The van der Waals surface area contributed by atoms with Gasteiger partial charge in [-0.3, -0.25) is 9.58 Å². The van der Waals surface area contributed by atoms with Crippen molar-refractivity contribution in [1.82, 2.24) is 14.7 Å². The molecule has 3 rings (SSSR count). The fourth-order valence-corrected chi connectivity index (χ4v) is 3.33. The summed E-state index contributed by atoms with van der Waals surface area (Å²) >= 11 is 0. The van der Waals surface area contributed by atoms with Gasteiger partial charge in [0, 0.05) is 49.6 Å². The second kappa shape index (κ2) is 7.90. The van der Waals surface area contributed by atoms with E-state index in [0.717, 1.165) is 44.6 Å². The third-order valence-corrected chi connectivity index (χ3v) is 4.74. The molecule has 0 aliphatic carbocycles. The van der Waals surface area contributed by atoms with E-state index in [4.69, 9.17) is 4.74 Å². The van der Waals surface area contributed by atoms with Gasteiger partial charge in [0.25, 0.3) is 0 Å². The first-order chi connectivity index (χ1) is 11.7. The van der Waals surface area contributed by atoms with Crippen molar-refractivity contribution in [3.05, 3.63) is 53.1 Å². The molecular formula is C19H26FN3O. The minimum atomic E-state index is -0.143. The molecule has 2 heterocycles. The van der Waals surface area contributed by atoms with Crippen LogP contribution >= 0.6 is 0 Å². The number of halogens is 1. The summed E-state index contributed by atoms with van der Waals surface area (Å²) in [5.41, 5.74) is 3.12. The quantitative estimate of drug-likeness (QED) is 0.777. The molecule has 1 atom stereocenters. The number of benzene rings is 1. The Morgan fingerprint density at radius 1 is 1.29 bits per heavy atom. The van der Waals surface area contributed by atoms with Crippen LogP contribution in [-0.4, -0.2) is 33.9 Å². The first kappa shape index (κ1) is 17.1. The van der Waals surface area contributed by atoms with Crippen LogP contribution in [0.15, 0.2) is 30.5 Å². The Balaban J connectivity index is 1.75. The lowest BCUT2D eigenvalue weighted by molar-refractivity contribution is 0.0674. The van der Waals surface area contributed by atoms with Crippen LogP contribution in [0.25, 0.3) is 0 Å². The van der Waals surface area contributed by atoms with E-state index in [1.807, 2.05) is 23.0 Å². The van der Waals surface area contributed by atoms with Crippen LogP contribution in [0, 0.1) is 12.7 Å². The van der Waals surface area contributed by atoms with Crippen LogP contribution < -0.4 is 0 Å². The van der Waals surface area contributed by atoms with Crippen molar-refractivity contribution in [3.8, 4) is 0 Å². The molecule has 1 saturated heterocycles. The average Bonchev–Trinajstić information content (AvgIpc) is 3.20. The van der Waals surface area contributed by atoms with E-state index < -0.39 is 0 Å². The molecule has 1 aromatic carbocycles. The van der Waals surface area contributed by atoms with E-state index in [9.17, 15) is 4.39 Å². The van der Waals surface area contributed by atoms with Gasteiger partial charge in [-0.15, -0.1) is 0 Å². The van der Waals surface area contributed by atoms with Crippen molar-refractivity contribution in [2.45, 2.75) is 52.4 Å².